The number of thioether (sulfide) groups is 1. The minimum Gasteiger partial charge on any atom is -0.198 e. The maximum absolute atomic E-state index is 9.39. The van der Waals surface area contributed by atoms with Crippen LogP contribution in [0.4, 0.5) is 0 Å². The zero-order valence-corrected chi connectivity index (χ0v) is 11.9. The molecule has 1 nitrogen and oxygen atoms in total. The van der Waals surface area contributed by atoms with Crippen molar-refractivity contribution in [2.45, 2.75) is 5.92 Å². The molecule has 20 heavy (non-hydrogen) atoms. The van der Waals surface area contributed by atoms with Crippen molar-refractivity contribution in [3.05, 3.63) is 77.9 Å². The van der Waals surface area contributed by atoms with E-state index in [9.17, 15) is 5.26 Å². The molecule has 2 unspecified atom stereocenters. The molecule has 98 valence electrons. The molecular weight excluding hydrogens is 262 g/mol. The summed E-state index contributed by atoms with van der Waals surface area (Å²) in [4.78, 5) is 1.28. The molecule has 3 rings (SSSR count). The van der Waals surface area contributed by atoms with Crippen LogP contribution in [0.5, 0.6) is 0 Å². The first-order valence-electron chi connectivity index (χ1n) is 6.73. The second kappa shape index (κ2) is 5.98. The Kier molecular flexibility index (Phi) is 3.90. The lowest BCUT2D eigenvalue weighted by Crippen LogP contribution is -2.16. The van der Waals surface area contributed by atoms with Gasteiger partial charge in [0, 0.05) is 16.6 Å². The maximum atomic E-state index is 9.39. The third-order valence-corrected chi connectivity index (χ3v) is 4.80. The highest BCUT2D eigenvalue weighted by Gasteiger charge is 2.26. The second-order valence-corrected chi connectivity index (χ2v) is 5.94. The monoisotopic (exact) mass is 277 g/mol. The minimum absolute atomic E-state index is 0.0508. The van der Waals surface area contributed by atoms with Gasteiger partial charge in [-0.1, -0.05) is 66.7 Å². The Labute approximate surface area is 123 Å². The lowest BCUT2D eigenvalue weighted by molar-refractivity contribution is 0.663. The molecule has 0 aromatic heterocycles. The molecule has 1 aliphatic heterocycles. The highest BCUT2D eigenvalue weighted by atomic mass is 32.2. The van der Waals surface area contributed by atoms with E-state index in [0.717, 1.165) is 5.75 Å². The summed E-state index contributed by atoms with van der Waals surface area (Å²) in [5.74, 6) is 1.10. The topological polar surface area (TPSA) is 23.8 Å². The van der Waals surface area contributed by atoms with Crippen molar-refractivity contribution >= 4 is 16.7 Å². The van der Waals surface area contributed by atoms with E-state index < -0.39 is 0 Å². The third kappa shape index (κ3) is 2.64. The fourth-order valence-electron chi connectivity index (χ4n) is 2.51. The lowest BCUT2D eigenvalue weighted by atomic mass is 9.87. The summed E-state index contributed by atoms with van der Waals surface area (Å²) < 4.78 is 0. The Balaban J connectivity index is 1.99. The van der Waals surface area contributed by atoms with Crippen LogP contribution in [0.2, 0.25) is 0 Å². The van der Waals surface area contributed by atoms with E-state index >= 15 is 0 Å². The standard InChI is InChI=1S/C18H15NS/c19-12-16-13-20-18(15-9-5-2-6-10-15)11-17(16)14-7-3-1-4-8-14/h1-11,16-17H,13H2. The van der Waals surface area contributed by atoms with Crippen molar-refractivity contribution in [2.24, 2.45) is 5.92 Å². The van der Waals surface area contributed by atoms with E-state index in [-0.39, 0.29) is 11.8 Å². The van der Waals surface area contributed by atoms with Gasteiger partial charge in [0.2, 0.25) is 0 Å². The average Bonchev–Trinajstić information content (AvgIpc) is 2.56. The molecular formula is C18H15NS. The van der Waals surface area contributed by atoms with E-state index in [1.54, 1.807) is 11.8 Å². The van der Waals surface area contributed by atoms with Gasteiger partial charge in [-0.05, 0) is 11.1 Å². The van der Waals surface area contributed by atoms with Gasteiger partial charge >= 0.3 is 0 Å². The highest BCUT2D eigenvalue weighted by Crippen LogP contribution is 2.42. The van der Waals surface area contributed by atoms with Crippen LogP contribution in [0.15, 0.2) is 66.7 Å². The van der Waals surface area contributed by atoms with Crippen molar-refractivity contribution in [3.8, 4) is 6.07 Å². The molecule has 0 radical (unpaired) electrons. The van der Waals surface area contributed by atoms with Crippen LogP contribution < -0.4 is 0 Å². The van der Waals surface area contributed by atoms with Crippen LogP contribution in [0.1, 0.15) is 17.0 Å². The SMILES string of the molecule is N#CC1CSC(c2ccccc2)=CC1c1ccccc1. The normalized spacial score (nSPS) is 21.9. The largest absolute Gasteiger partial charge is 0.198 e. The summed E-state index contributed by atoms with van der Waals surface area (Å²) >= 11 is 1.79. The molecule has 0 N–H and O–H groups in total. The van der Waals surface area contributed by atoms with Gasteiger partial charge in [-0.3, -0.25) is 0 Å². The van der Waals surface area contributed by atoms with Crippen LogP contribution in [0, 0.1) is 17.2 Å². The molecule has 2 aromatic carbocycles. The number of hydrogen-bond donors (Lipinski definition) is 0. The van der Waals surface area contributed by atoms with Crippen LogP contribution in [-0.2, 0) is 0 Å². The van der Waals surface area contributed by atoms with Crippen molar-refractivity contribution in [1.29, 1.82) is 5.26 Å². The van der Waals surface area contributed by atoms with E-state index in [1.165, 1.54) is 16.0 Å². The van der Waals surface area contributed by atoms with Gasteiger partial charge in [0.15, 0.2) is 0 Å². The molecule has 0 aliphatic carbocycles. The Morgan fingerprint density at radius 1 is 0.950 bits per heavy atom. The number of nitriles is 1. The quantitative estimate of drug-likeness (QED) is 0.794. The summed E-state index contributed by atoms with van der Waals surface area (Å²) in [6.07, 6.45) is 2.26. The molecule has 0 saturated heterocycles. The van der Waals surface area contributed by atoms with Crippen molar-refractivity contribution in [3.63, 3.8) is 0 Å². The molecule has 2 heteroatoms. The summed E-state index contributed by atoms with van der Waals surface area (Å²) in [6.45, 7) is 0. The molecule has 0 saturated carbocycles. The number of rotatable bonds is 2. The lowest BCUT2D eigenvalue weighted by Gasteiger charge is -2.26. The number of nitrogens with zero attached hydrogens (tertiary/aromatic N) is 1. The second-order valence-electron chi connectivity index (χ2n) is 4.88. The first kappa shape index (κ1) is 13.0. The smallest absolute Gasteiger partial charge is 0.0674 e. The first-order chi connectivity index (χ1) is 9.88. The van der Waals surface area contributed by atoms with Crippen molar-refractivity contribution in [2.75, 3.05) is 5.75 Å². The van der Waals surface area contributed by atoms with Gasteiger partial charge in [-0.15, -0.1) is 11.8 Å². The Bertz CT molecular complexity index is 640. The predicted molar refractivity (Wildman–Crippen MR) is 85.2 cm³/mol. The van der Waals surface area contributed by atoms with E-state index in [4.69, 9.17) is 0 Å². The summed E-state index contributed by atoms with van der Waals surface area (Å²) in [5, 5.41) is 9.39. The third-order valence-electron chi connectivity index (χ3n) is 3.59. The van der Waals surface area contributed by atoms with Gasteiger partial charge in [-0.2, -0.15) is 5.26 Å². The average molecular weight is 277 g/mol. The van der Waals surface area contributed by atoms with Gasteiger partial charge in [0.05, 0.1) is 12.0 Å². The van der Waals surface area contributed by atoms with Crippen LogP contribution in [-0.4, -0.2) is 5.75 Å². The zero-order chi connectivity index (χ0) is 13.8. The number of benzene rings is 2. The first-order valence-corrected chi connectivity index (χ1v) is 7.71. The molecule has 2 atom stereocenters. The van der Waals surface area contributed by atoms with E-state index in [2.05, 4.69) is 48.5 Å². The fraction of sp³-hybridized carbons (Fsp3) is 0.167. The summed E-state index contributed by atoms with van der Waals surface area (Å²) in [6, 6.07) is 23.2. The molecule has 2 aromatic rings. The molecule has 1 heterocycles. The van der Waals surface area contributed by atoms with E-state index in [0.29, 0.717) is 0 Å². The number of hydrogen-bond acceptors (Lipinski definition) is 2. The van der Waals surface area contributed by atoms with Gasteiger partial charge < -0.3 is 0 Å². The van der Waals surface area contributed by atoms with Crippen LogP contribution >= 0.6 is 11.8 Å². The highest BCUT2D eigenvalue weighted by molar-refractivity contribution is 8.08. The molecule has 0 amide bonds. The molecule has 0 spiro atoms. The van der Waals surface area contributed by atoms with Gasteiger partial charge in [0.1, 0.15) is 0 Å². The Morgan fingerprint density at radius 3 is 2.25 bits per heavy atom. The Hall–Kier alpha value is -1.98. The number of allylic oxidation sites excluding steroid dienone is 1. The fourth-order valence-corrected chi connectivity index (χ4v) is 3.70. The van der Waals surface area contributed by atoms with Crippen LogP contribution in [0.25, 0.3) is 4.91 Å². The van der Waals surface area contributed by atoms with Crippen LogP contribution in [0.3, 0.4) is 0 Å². The molecule has 0 bridgehead atoms. The van der Waals surface area contributed by atoms with E-state index in [1.807, 2.05) is 24.3 Å². The minimum atomic E-state index is 0.0508. The zero-order valence-electron chi connectivity index (χ0n) is 11.1. The molecule has 0 fully saturated rings. The van der Waals surface area contributed by atoms with Crippen molar-refractivity contribution < 1.29 is 0 Å². The van der Waals surface area contributed by atoms with Gasteiger partial charge in [-0.25, -0.2) is 0 Å². The van der Waals surface area contributed by atoms with Crippen molar-refractivity contribution in [1.82, 2.24) is 0 Å². The Morgan fingerprint density at radius 2 is 1.60 bits per heavy atom. The predicted octanol–water partition coefficient (Wildman–Crippen LogP) is 4.70. The summed E-state index contributed by atoms with van der Waals surface area (Å²) in [5.41, 5.74) is 2.47. The summed E-state index contributed by atoms with van der Waals surface area (Å²) in [7, 11) is 0. The molecule has 1 aliphatic rings. The van der Waals surface area contributed by atoms with Gasteiger partial charge in [0.25, 0.3) is 0 Å². The maximum Gasteiger partial charge on any atom is 0.0674 e.